The van der Waals surface area contributed by atoms with Crippen LogP contribution in [0.2, 0.25) is 0 Å². The molecule has 1 heterocycles. The molecule has 1 aromatic heterocycles. The molecule has 0 aliphatic carbocycles. The molecular weight excluding hydrogens is 512 g/mol. The number of sulfonamides is 2. The van der Waals surface area contributed by atoms with E-state index in [1.165, 1.54) is 36.4 Å². The van der Waals surface area contributed by atoms with Crippen LogP contribution in [0.3, 0.4) is 0 Å². The summed E-state index contributed by atoms with van der Waals surface area (Å²) in [6.07, 6.45) is 0. The van der Waals surface area contributed by atoms with E-state index in [0.717, 1.165) is 11.1 Å². The molecule has 10 heteroatoms. The first-order valence-corrected chi connectivity index (χ1v) is 14.2. The maximum Gasteiger partial charge on any atom is 0.344 e. The van der Waals surface area contributed by atoms with Crippen molar-refractivity contribution in [1.29, 1.82) is 0 Å². The average Bonchev–Trinajstić information content (AvgIpc) is 2.83. The molecule has 37 heavy (non-hydrogen) atoms. The summed E-state index contributed by atoms with van der Waals surface area (Å²) in [4.78, 5) is 12.6. The second kappa shape index (κ2) is 9.06. The highest BCUT2D eigenvalue weighted by Gasteiger charge is 2.20. The van der Waals surface area contributed by atoms with Gasteiger partial charge in [0.1, 0.15) is 5.58 Å². The van der Waals surface area contributed by atoms with E-state index in [4.69, 9.17) is 4.42 Å². The zero-order valence-electron chi connectivity index (χ0n) is 19.8. The van der Waals surface area contributed by atoms with E-state index in [2.05, 4.69) is 9.44 Å². The topological polar surface area (TPSA) is 123 Å². The average molecular weight is 535 g/mol. The van der Waals surface area contributed by atoms with Gasteiger partial charge in [0.2, 0.25) is 0 Å². The maximum atomic E-state index is 12.9. The molecule has 0 unspecified atom stereocenters. The second-order valence-corrected chi connectivity index (χ2v) is 12.1. The van der Waals surface area contributed by atoms with Crippen molar-refractivity contribution < 1.29 is 21.3 Å². The lowest BCUT2D eigenvalue weighted by Crippen LogP contribution is -2.14. The predicted molar refractivity (Wildman–Crippen MR) is 144 cm³/mol. The van der Waals surface area contributed by atoms with Crippen molar-refractivity contribution in [2.45, 2.75) is 23.6 Å². The normalized spacial score (nSPS) is 12.1. The smallest absolute Gasteiger partial charge is 0.344 e. The Morgan fingerprint density at radius 2 is 1.11 bits per heavy atom. The van der Waals surface area contributed by atoms with Crippen LogP contribution < -0.4 is 15.1 Å². The van der Waals surface area contributed by atoms with Crippen molar-refractivity contribution in [2.75, 3.05) is 9.44 Å². The molecule has 0 aliphatic rings. The van der Waals surface area contributed by atoms with E-state index < -0.39 is 25.7 Å². The van der Waals surface area contributed by atoms with E-state index >= 15 is 0 Å². The van der Waals surface area contributed by atoms with Crippen LogP contribution in [-0.4, -0.2) is 16.8 Å². The van der Waals surface area contributed by atoms with Gasteiger partial charge in [-0.3, -0.25) is 9.44 Å². The highest BCUT2D eigenvalue weighted by atomic mass is 32.2. The van der Waals surface area contributed by atoms with Crippen molar-refractivity contribution in [3.05, 3.63) is 106 Å². The van der Waals surface area contributed by atoms with Gasteiger partial charge < -0.3 is 4.42 Å². The van der Waals surface area contributed by atoms with E-state index in [1.807, 2.05) is 26.0 Å². The number of rotatable bonds is 6. The van der Waals surface area contributed by atoms with Gasteiger partial charge in [0, 0.05) is 28.2 Å². The Morgan fingerprint density at radius 1 is 0.595 bits per heavy atom. The predicted octanol–water partition coefficient (Wildman–Crippen LogP) is 5.16. The molecule has 0 saturated carbocycles. The first kappa shape index (κ1) is 24.5. The molecule has 0 aliphatic heterocycles. The molecule has 0 radical (unpaired) electrons. The van der Waals surface area contributed by atoms with E-state index in [0.29, 0.717) is 22.1 Å². The summed E-state index contributed by atoms with van der Waals surface area (Å²) < 4.78 is 62.2. The molecule has 5 rings (SSSR count). The largest absolute Gasteiger partial charge is 0.422 e. The third kappa shape index (κ3) is 4.93. The molecule has 0 amide bonds. The summed E-state index contributed by atoms with van der Waals surface area (Å²) in [6.45, 7) is 3.70. The lowest BCUT2D eigenvalue weighted by atomic mass is 10.1. The lowest BCUT2D eigenvalue weighted by Gasteiger charge is -2.11. The van der Waals surface area contributed by atoms with Crippen LogP contribution in [0.25, 0.3) is 21.7 Å². The van der Waals surface area contributed by atoms with E-state index in [1.54, 1.807) is 36.4 Å². The van der Waals surface area contributed by atoms with Gasteiger partial charge in [-0.25, -0.2) is 21.6 Å². The summed E-state index contributed by atoms with van der Waals surface area (Å²) in [7, 11) is -7.91. The molecule has 188 valence electrons. The summed E-state index contributed by atoms with van der Waals surface area (Å²) >= 11 is 0. The molecule has 4 aromatic carbocycles. The molecule has 0 fully saturated rings. The fraction of sp³-hybridized carbons (Fsp3) is 0.0741. The molecule has 2 N–H and O–H groups in total. The van der Waals surface area contributed by atoms with Gasteiger partial charge in [0.05, 0.1) is 15.2 Å². The Labute approximate surface area is 213 Å². The monoisotopic (exact) mass is 534 g/mol. The summed E-state index contributed by atoms with van der Waals surface area (Å²) in [6, 6.07) is 22.2. The third-order valence-corrected chi connectivity index (χ3v) is 8.58. The maximum absolute atomic E-state index is 12.9. The summed E-state index contributed by atoms with van der Waals surface area (Å²) in [5.74, 6) is 0. The third-order valence-electron chi connectivity index (χ3n) is 5.82. The Balaban J connectivity index is 1.54. The van der Waals surface area contributed by atoms with Crippen molar-refractivity contribution in [3.63, 3.8) is 0 Å². The van der Waals surface area contributed by atoms with Crippen LogP contribution in [0, 0.1) is 13.8 Å². The SMILES string of the molecule is Cc1cccc(NS(=O)(=O)c2ccc3c(c2)oc(=O)c2cc(S(=O)(=O)Nc4cccc(C)c4)ccc23)c1. The molecule has 0 atom stereocenters. The molecule has 0 spiro atoms. The van der Waals surface area contributed by atoms with Crippen LogP contribution in [0.5, 0.6) is 0 Å². The Hall–Kier alpha value is -4.15. The molecule has 5 aromatic rings. The van der Waals surface area contributed by atoms with Gasteiger partial charge >= 0.3 is 5.63 Å². The van der Waals surface area contributed by atoms with Gasteiger partial charge in [0.15, 0.2) is 0 Å². The number of hydrogen-bond donors (Lipinski definition) is 2. The van der Waals surface area contributed by atoms with Crippen LogP contribution >= 0.6 is 0 Å². The van der Waals surface area contributed by atoms with Gasteiger partial charge in [-0.2, -0.15) is 0 Å². The van der Waals surface area contributed by atoms with Gasteiger partial charge in [-0.1, -0.05) is 30.3 Å². The van der Waals surface area contributed by atoms with Crippen LogP contribution in [-0.2, 0) is 20.0 Å². The Bertz CT molecular complexity index is 1960. The number of fused-ring (bicyclic) bond motifs is 3. The number of nitrogens with one attached hydrogen (secondary N) is 2. The minimum absolute atomic E-state index is 0.0631. The molecule has 0 saturated heterocycles. The standard InChI is InChI=1S/C27H22N2O6S2/c1-17-5-3-7-19(13-17)28-36(31,32)21-9-11-23-24-12-10-22(16-26(24)35-27(30)25(23)15-21)37(33,34)29-20-8-4-6-18(2)14-20/h3-16,28-29H,1-2H3. The van der Waals surface area contributed by atoms with Gasteiger partial charge in [0.25, 0.3) is 20.0 Å². The fourth-order valence-electron chi connectivity index (χ4n) is 4.07. The highest BCUT2D eigenvalue weighted by Crippen LogP contribution is 2.28. The first-order valence-electron chi connectivity index (χ1n) is 11.2. The summed E-state index contributed by atoms with van der Waals surface area (Å²) in [5, 5.41) is 0.976. The van der Waals surface area contributed by atoms with Gasteiger partial charge in [-0.15, -0.1) is 0 Å². The zero-order chi connectivity index (χ0) is 26.4. The fourth-order valence-corrected chi connectivity index (χ4v) is 6.21. The number of anilines is 2. The quantitative estimate of drug-likeness (QED) is 0.229. The van der Waals surface area contributed by atoms with Crippen molar-refractivity contribution in [1.82, 2.24) is 0 Å². The van der Waals surface area contributed by atoms with Crippen molar-refractivity contribution in [2.24, 2.45) is 0 Å². The lowest BCUT2D eigenvalue weighted by molar-refractivity contribution is 0.567. The number of aryl methyl sites for hydroxylation is 2. The zero-order valence-corrected chi connectivity index (χ0v) is 21.5. The second-order valence-electron chi connectivity index (χ2n) is 8.70. The first-order chi connectivity index (χ1) is 17.5. The van der Waals surface area contributed by atoms with Crippen LogP contribution in [0.4, 0.5) is 11.4 Å². The van der Waals surface area contributed by atoms with Crippen LogP contribution in [0.15, 0.2) is 104 Å². The minimum atomic E-state index is -3.97. The highest BCUT2D eigenvalue weighted by molar-refractivity contribution is 7.93. The summed E-state index contributed by atoms with van der Waals surface area (Å²) in [5.41, 5.74) is 1.88. The van der Waals surface area contributed by atoms with Crippen molar-refractivity contribution >= 4 is 53.2 Å². The number of benzene rings is 4. The van der Waals surface area contributed by atoms with E-state index in [-0.39, 0.29) is 20.8 Å². The molecular formula is C27H22N2O6S2. The van der Waals surface area contributed by atoms with Crippen molar-refractivity contribution in [3.8, 4) is 0 Å². The Kier molecular flexibility index (Phi) is 6.01. The number of hydrogen-bond acceptors (Lipinski definition) is 6. The molecule has 8 nitrogen and oxygen atoms in total. The Morgan fingerprint density at radius 3 is 1.65 bits per heavy atom. The molecule has 0 bridgehead atoms. The van der Waals surface area contributed by atoms with E-state index in [9.17, 15) is 21.6 Å². The van der Waals surface area contributed by atoms with Gasteiger partial charge in [-0.05, 0) is 73.5 Å². The minimum Gasteiger partial charge on any atom is -0.422 e. The van der Waals surface area contributed by atoms with Crippen LogP contribution in [0.1, 0.15) is 11.1 Å².